The minimum Gasteiger partial charge on any atom is -0.317 e. The Morgan fingerprint density at radius 3 is 2.27 bits per heavy atom. The van der Waals surface area contributed by atoms with Crippen molar-refractivity contribution in [3.63, 3.8) is 0 Å². The van der Waals surface area contributed by atoms with Gasteiger partial charge in [-0.15, -0.1) is 24.8 Å². The van der Waals surface area contributed by atoms with E-state index in [2.05, 4.69) is 23.4 Å². The average Bonchev–Trinajstić information content (AvgIpc) is 2.98. The molecule has 0 unspecified atom stereocenters. The summed E-state index contributed by atoms with van der Waals surface area (Å²) in [5, 5.41) is 8.01. The Labute approximate surface area is 164 Å². The third-order valence-corrected chi connectivity index (χ3v) is 4.59. The number of nitrogens with one attached hydrogen (secondary N) is 1. The fourth-order valence-corrected chi connectivity index (χ4v) is 3.29. The summed E-state index contributed by atoms with van der Waals surface area (Å²) in [5.41, 5.74) is 2.41. The van der Waals surface area contributed by atoms with Crippen molar-refractivity contribution >= 4 is 24.8 Å². The molecule has 2 heterocycles. The van der Waals surface area contributed by atoms with Gasteiger partial charge in [0, 0.05) is 24.6 Å². The van der Waals surface area contributed by atoms with Crippen LogP contribution in [0.4, 0.5) is 13.2 Å². The van der Waals surface area contributed by atoms with Crippen molar-refractivity contribution in [3.05, 3.63) is 52.8 Å². The molecule has 3 nitrogen and oxygen atoms in total. The van der Waals surface area contributed by atoms with E-state index in [1.165, 1.54) is 17.8 Å². The third kappa shape index (κ3) is 5.38. The maximum Gasteiger partial charge on any atom is 0.416 e. The van der Waals surface area contributed by atoms with Crippen molar-refractivity contribution in [1.82, 2.24) is 15.1 Å². The molecule has 0 bridgehead atoms. The lowest BCUT2D eigenvalue weighted by Gasteiger charge is -2.23. The van der Waals surface area contributed by atoms with Gasteiger partial charge in [0.1, 0.15) is 0 Å². The maximum absolute atomic E-state index is 12.6. The highest BCUT2D eigenvalue weighted by Gasteiger charge is 2.30. The molecular weight excluding hydrogens is 386 g/mol. The van der Waals surface area contributed by atoms with Crippen LogP contribution in [0.2, 0.25) is 0 Å². The summed E-state index contributed by atoms with van der Waals surface area (Å²) < 4.78 is 39.9. The van der Waals surface area contributed by atoms with Crippen molar-refractivity contribution < 1.29 is 13.2 Å². The highest BCUT2D eigenvalue weighted by Crippen LogP contribution is 2.30. The van der Waals surface area contributed by atoms with Crippen LogP contribution < -0.4 is 5.32 Å². The molecule has 26 heavy (non-hydrogen) atoms. The Balaban J connectivity index is 0.00000169. The van der Waals surface area contributed by atoms with Crippen LogP contribution in [0.1, 0.15) is 48.2 Å². The van der Waals surface area contributed by atoms with E-state index in [0.717, 1.165) is 55.9 Å². The van der Waals surface area contributed by atoms with E-state index in [1.54, 1.807) is 0 Å². The summed E-state index contributed by atoms with van der Waals surface area (Å²) in [4.78, 5) is 0. The van der Waals surface area contributed by atoms with Gasteiger partial charge in [0.2, 0.25) is 0 Å². The fourth-order valence-electron chi connectivity index (χ4n) is 3.29. The lowest BCUT2D eigenvalue weighted by molar-refractivity contribution is -0.137. The van der Waals surface area contributed by atoms with Gasteiger partial charge in [0.15, 0.2) is 0 Å². The number of nitrogens with zero attached hydrogens (tertiary/aromatic N) is 2. The molecule has 1 N–H and O–H groups in total. The summed E-state index contributed by atoms with van der Waals surface area (Å²) in [5.74, 6) is 0.514. The number of rotatable bonds is 4. The van der Waals surface area contributed by atoms with E-state index >= 15 is 0 Å². The van der Waals surface area contributed by atoms with Gasteiger partial charge in [-0.2, -0.15) is 18.3 Å². The summed E-state index contributed by atoms with van der Waals surface area (Å²) >= 11 is 0. The molecule has 146 valence electrons. The second-order valence-corrected chi connectivity index (χ2v) is 6.27. The molecular formula is C18H24Cl2F3N3. The van der Waals surface area contributed by atoms with Crippen LogP contribution in [0.25, 0.3) is 0 Å². The molecule has 3 rings (SSSR count). The number of alkyl halides is 3. The van der Waals surface area contributed by atoms with Crippen LogP contribution in [-0.4, -0.2) is 22.9 Å². The van der Waals surface area contributed by atoms with Crippen LogP contribution in [0, 0.1) is 0 Å². The Morgan fingerprint density at radius 2 is 1.73 bits per heavy atom. The summed E-state index contributed by atoms with van der Waals surface area (Å²) in [6, 6.07) is 7.48. The molecule has 1 aromatic heterocycles. The molecule has 0 amide bonds. The normalized spacial score (nSPS) is 15.2. The monoisotopic (exact) mass is 409 g/mol. The van der Waals surface area contributed by atoms with Crippen LogP contribution in [0.5, 0.6) is 0 Å². The van der Waals surface area contributed by atoms with Crippen LogP contribution in [0.15, 0.2) is 30.3 Å². The highest BCUT2D eigenvalue weighted by molar-refractivity contribution is 5.85. The van der Waals surface area contributed by atoms with Gasteiger partial charge in [0.05, 0.1) is 11.3 Å². The summed E-state index contributed by atoms with van der Waals surface area (Å²) in [6.45, 7) is 4.92. The molecule has 0 saturated carbocycles. The van der Waals surface area contributed by atoms with Gasteiger partial charge in [-0.1, -0.05) is 12.1 Å². The molecule has 0 atom stereocenters. The topological polar surface area (TPSA) is 29.9 Å². The van der Waals surface area contributed by atoms with Gasteiger partial charge in [-0.25, -0.2) is 0 Å². The number of halogens is 5. The summed E-state index contributed by atoms with van der Waals surface area (Å²) in [6.07, 6.45) is -1.52. The van der Waals surface area contributed by atoms with Gasteiger partial charge < -0.3 is 5.32 Å². The quantitative estimate of drug-likeness (QED) is 0.783. The molecule has 0 spiro atoms. The van der Waals surface area contributed by atoms with Crippen LogP contribution >= 0.6 is 24.8 Å². The Kier molecular flexibility index (Phi) is 8.44. The second-order valence-electron chi connectivity index (χ2n) is 6.27. The lowest BCUT2D eigenvalue weighted by atomic mass is 9.94. The third-order valence-electron chi connectivity index (χ3n) is 4.59. The van der Waals surface area contributed by atoms with E-state index in [9.17, 15) is 13.2 Å². The molecule has 1 aliphatic rings. The fraction of sp³-hybridized carbons (Fsp3) is 0.500. The Hall–Kier alpha value is -1.24. The molecule has 0 aliphatic carbocycles. The summed E-state index contributed by atoms with van der Waals surface area (Å²) in [7, 11) is 0. The van der Waals surface area contributed by atoms with Gasteiger partial charge >= 0.3 is 6.18 Å². The van der Waals surface area contributed by atoms with Crippen molar-refractivity contribution in [3.8, 4) is 0 Å². The van der Waals surface area contributed by atoms with Crippen molar-refractivity contribution in [2.45, 2.75) is 44.8 Å². The zero-order chi connectivity index (χ0) is 17.2. The molecule has 2 aromatic rings. The number of aryl methyl sites for hydroxylation is 1. The molecule has 1 aliphatic heterocycles. The number of piperidine rings is 1. The first-order chi connectivity index (χ1) is 11.5. The van der Waals surface area contributed by atoms with Gasteiger partial charge in [0.25, 0.3) is 0 Å². The first kappa shape index (κ1) is 22.8. The van der Waals surface area contributed by atoms with Crippen LogP contribution in [-0.2, 0) is 19.1 Å². The van der Waals surface area contributed by atoms with Crippen molar-refractivity contribution in [2.75, 3.05) is 13.1 Å². The zero-order valence-electron chi connectivity index (χ0n) is 14.6. The Bertz CT molecular complexity index is 678. The largest absolute Gasteiger partial charge is 0.416 e. The number of benzene rings is 1. The first-order valence-electron chi connectivity index (χ1n) is 8.41. The first-order valence-corrected chi connectivity index (χ1v) is 8.41. The van der Waals surface area contributed by atoms with Crippen LogP contribution in [0.3, 0.4) is 0 Å². The smallest absolute Gasteiger partial charge is 0.317 e. The average molecular weight is 410 g/mol. The molecule has 1 fully saturated rings. The lowest BCUT2D eigenvalue weighted by Crippen LogP contribution is -2.27. The number of aromatic nitrogens is 2. The predicted octanol–water partition coefficient (Wildman–Crippen LogP) is 4.82. The number of hydrogen-bond donors (Lipinski definition) is 1. The minimum absolute atomic E-state index is 0. The SMILES string of the molecule is CCn1nc(Cc2ccc(C(F)(F)F)cc2)cc1C1CCNCC1.Cl.Cl. The number of hydrogen-bond acceptors (Lipinski definition) is 2. The standard InChI is InChI=1S/C18H22F3N3.2ClH/c1-2-24-17(14-7-9-22-10-8-14)12-16(23-24)11-13-3-5-15(6-4-13)18(19,20)21;;/h3-6,12,14,22H,2,7-11H2,1H3;2*1H. The Morgan fingerprint density at radius 1 is 1.12 bits per heavy atom. The van der Waals surface area contributed by atoms with E-state index < -0.39 is 11.7 Å². The minimum atomic E-state index is -4.29. The van der Waals surface area contributed by atoms with Crippen molar-refractivity contribution in [2.24, 2.45) is 0 Å². The van der Waals surface area contributed by atoms with E-state index in [1.807, 2.05) is 4.68 Å². The van der Waals surface area contributed by atoms with E-state index in [-0.39, 0.29) is 24.8 Å². The highest BCUT2D eigenvalue weighted by atomic mass is 35.5. The second kappa shape index (κ2) is 9.62. The van der Waals surface area contributed by atoms with Crippen molar-refractivity contribution in [1.29, 1.82) is 0 Å². The zero-order valence-corrected chi connectivity index (χ0v) is 16.2. The van der Waals surface area contributed by atoms with E-state index in [4.69, 9.17) is 0 Å². The maximum atomic E-state index is 12.6. The van der Waals surface area contributed by atoms with E-state index in [0.29, 0.717) is 12.3 Å². The van der Waals surface area contributed by atoms with Gasteiger partial charge in [-0.3, -0.25) is 4.68 Å². The molecule has 0 radical (unpaired) electrons. The molecule has 1 aromatic carbocycles. The predicted molar refractivity (Wildman–Crippen MR) is 101 cm³/mol. The molecule has 8 heteroatoms. The molecule has 1 saturated heterocycles. The van der Waals surface area contributed by atoms with Gasteiger partial charge in [-0.05, 0) is 56.6 Å².